The van der Waals surface area contributed by atoms with E-state index >= 15 is 0 Å². The molecule has 0 radical (unpaired) electrons. The molecule has 0 aliphatic rings. The quantitative estimate of drug-likeness (QED) is 0.674. The number of halogens is 1. The van der Waals surface area contributed by atoms with Crippen LogP contribution in [0.15, 0.2) is 22.2 Å². The van der Waals surface area contributed by atoms with Crippen molar-refractivity contribution >= 4 is 37.4 Å². The Morgan fingerprint density at radius 1 is 1.30 bits per heavy atom. The minimum atomic E-state index is 1.10. The second-order valence-corrected chi connectivity index (χ2v) is 3.62. The molecule has 0 aliphatic heterocycles. The van der Waals surface area contributed by atoms with E-state index < -0.39 is 0 Å². The first kappa shape index (κ1) is 6.24. The molecule has 0 fully saturated rings. The molecule has 0 saturated carbocycles. The van der Waals surface area contributed by atoms with Crippen LogP contribution in [0, 0.1) is 0 Å². The molecule has 0 N–H and O–H groups in total. The van der Waals surface area contributed by atoms with E-state index in [9.17, 15) is 0 Å². The topological polar surface area (TPSA) is 25.8 Å². The molecule has 2 heterocycles. The SMILES string of the molecule is Brc1csc2cnncc12. The van der Waals surface area contributed by atoms with Crippen LogP contribution in [-0.2, 0) is 0 Å². The van der Waals surface area contributed by atoms with Crippen molar-refractivity contribution in [3.05, 3.63) is 22.2 Å². The molecule has 0 atom stereocenters. The maximum Gasteiger partial charge on any atom is 0.0675 e. The Morgan fingerprint density at radius 2 is 2.10 bits per heavy atom. The minimum Gasteiger partial charge on any atom is -0.158 e. The molecule has 0 spiro atoms. The summed E-state index contributed by atoms with van der Waals surface area (Å²) in [6.07, 6.45) is 3.53. The van der Waals surface area contributed by atoms with Crippen molar-refractivity contribution in [2.75, 3.05) is 0 Å². The number of hydrogen-bond donors (Lipinski definition) is 0. The third-order valence-electron chi connectivity index (χ3n) is 1.24. The predicted molar refractivity (Wildman–Crippen MR) is 45.1 cm³/mol. The summed E-state index contributed by atoms with van der Waals surface area (Å²) in [5.41, 5.74) is 0. The highest BCUT2D eigenvalue weighted by Gasteiger charge is 1.98. The summed E-state index contributed by atoms with van der Waals surface area (Å²) < 4.78 is 2.27. The highest BCUT2D eigenvalue weighted by molar-refractivity contribution is 9.10. The van der Waals surface area contributed by atoms with Crippen LogP contribution in [0.5, 0.6) is 0 Å². The lowest BCUT2D eigenvalue weighted by Crippen LogP contribution is -1.74. The van der Waals surface area contributed by atoms with Gasteiger partial charge in [-0.1, -0.05) is 0 Å². The van der Waals surface area contributed by atoms with Gasteiger partial charge < -0.3 is 0 Å². The summed E-state index contributed by atoms with van der Waals surface area (Å²) in [5.74, 6) is 0. The summed E-state index contributed by atoms with van der Waals surface area (Å²) in [7, 11) is 0. The number of thiophene rings is 1. The monoisotopic (exact) mass is 214 g/mol. The molecule has 0 unspecified atom stereocenters. The van der Waals surface area contributed by atoms with Crippen molar-refractivity contribution in [1.82, 2.24) is 10.2 Å². The lowest BCUT2D eigenvalue weighted by Gasteiger charge is -1.83. The smallest absolute Gasteiger partial charge is 0.0675 e. The Bertz CT molecular complexity index is 357. The zero-order valence-electron chi connectivity index (χ0n) is 4.91. The van der Waals surface area contributed by atoms with E-state index in [0.29, 0.717) is 0 Å². The standard InChI is InChI=1S/C6H3BrN2S/c7-5-3-10-6-2-9-8-1-4(5)6/h1-3H. The van der Waals surface area contributed by atoms with Gasteiger partial charge in [0.1, 0.15) is 0 Å². The summed E-state index contributed by atoms with van der Waals surface area (Å²) in [6.45, 7) is 0. The highest BCUT2D eigenvalue weighted by atomic mass is 79.9. The third-order valence-corrected chi connectivity index (χ3v) is 3.13. The van der Waals surface area contributed by atoms with E-state index in [4.69, 9.17) is 0 Å². The van der Waals surface area contributed by atoms with E-state index in [2.05, 4.69) is 26.1 Å². The first-order valence-corrected chi connectivity index (χ1v) is 4.38. The molecule has 0 aromatic carbocycles. The Morgan fingerprint density at radius 3 is 2.90 bits per heavy atom. The van der Waals surface area contributed by atoms with Crippen LogP contribution in [0.3, 0.4) is 0 Å². The maximum atomic E-state index is 3.77. The molecule has 0 bridgehead atoms. The van der Waals surface area contributed by atoms with Crippen molar-refractivity contribution < 1.29 is 0 Å². The Balaban J connectivity index is 2.93. The van der Waals surface area contributed by atoms with Crippen LogP contribution in [0.1, 0.15) is 0 Å². The third kappa shape index (κ3) is 0.839. The fourth-order valence-electron chi connectivity index (χ4n) is 0.762. The van der Waals surface area contributed by atoms with E-state index in [0.717, 1.165) is 9.86 Å². The minimum absolute atomic E-state index is 1.10. The number of rotatable bonds is 0. The van der Waals surface area contributed by atoms with Gasteiger partial charge in [-0.3, -0.25) is 0 Å². The number of nitrogens with zero attached hydrogens (tertiary/aromatic N) is 2. The largest absolute Gasteiger partial charge is 0.158 e. The van der Waals surface area contributed by atoms with Gasteiger partial charge in [0.2, 0.25) is 0 Å². The number of fused-ring (bicyclic) bond motifs is 1. The van der Waals surface area contributed by atoms with Crippen LogP contribution in [-0.4, -0.2) is 10.2 Å². The number of hydrogen-bond acceptors (Lipinski definition) is 3. The zero-order valence-corrected chi connectivity index (χ0v) is 7.32. The zero-order chi connectivity index (χ0) is 6.97. The van der Waals surface area contributed by atoms with Crippen LogP contribution in [0.4, 0.5) is 0 Å². The molecule has 0 amide bonds. The van der Waals surface area contributed by atoms with E-state index in [1.807, 2.05) is 5.38 Å². The highest BCUT2D eigenvalue weighted by Crippen LogP contribution is 2.27. The molecular weight excluding hydrogens is 212 g/mol. The van der Waals surface area contributed by atoms with Crippen LogP contribution in [0.25, 0.3) is 10.1 Å². The van der Waals surface area contributed by atoms with Gasteiger partial charge in [0.15, 0.2) is 0 Å². The molecule has 2 aromatic rings. The first-order chi connectivity index (χ1) is 4.88. The Kier molecular flexibility index (Phi) is 1.43. The first-order valence-electron chi connectivity index (χ1n) is 2.71. The molecule has 10 heavy (non-hydrogen) atoms. The van der Waals surface area contributed by atoms with Gasteiger partial charge in [-0.15, -0.1) is 11.3 Å². The molecular formula is C6H3BrN2S. The average Bonchev–Trinajstić information content (AvgIpc) is 2.34. The van der Waals surface area contributed by atoms with Gasteiger partial charge in [-0.05, 0) is 15.9 Å². The molecule has 2 aromatic heterocycles. The van der Waals surface area contributed by atoms with Crippen molar-refractivity contribution in [3.63, 3.8) is 0 Å². The van der Waals surface area contributed by atoms with Gasteiger partial charge in [-0.25, -0.2) is 0 Å². The molecule has 2 nitrogen and oxygen atoms in total. The summed E-state index contributed by atoms with van der Waals surface area (Å²) in [4.78, 5) is 0. The van der Waals surface area contributed by atoms with Gasteiger partial charge >= 0.3 is 0 Å². The molecule has 4 heteroatoms. The van der Waals surface area contributed by atoms with Crippen molar-refractivity contribution in [2.45, 2.75) is 0 Å². The van der Waals surface area contributed by atoms with Crippen LogP contribution in [0.2, 0.25) is 0 Å². The van der Waals surface area contributed by atoms with Gasteiger partial charge in [0, 0.05) is 15.2 Å². The molecule has 2 rings (SSSR count). The van der Waals surface area contributed by atoms with Crippen molar-refractivity contribution in [2.24, 2.45) is 0 Å². The van der Waals surface area contributed by atoms with Crippen molar-refractivity contribution in [3.8, 4) is 0 Å². The number of aromatic nitrogens is 2. The summed E-state index contributed by atoms with van der Waals surface area (Å²) >= 11 is 5.07. The van der Waals surface area contributed by atoms with Crippen LogP contribution < -0.4 is 0 Å². The summed E-state index contributed by atoms with van der Waals surface area (Å²) in [5, 5.41) is 10.7. The second kappa shape index (κ2) is 2.29. The molecule has 0 aliphatic carbocycles. The van der Waals surface area contributed by atoms with Crippen LogP contribution >= 0.6 is 27.3 Å². The average molecular weight is 215 g/mol. The molecule has 50 valence electrons. The van der Waals surface area contributed by atoms with E-state index in [1.54, 1.807) is 23.7 Å². The fourth-order valence-corrected chi connectivity index (χ4v) is 2.24. The second-order valence-electron chi connectivity index (χ2n) is 1.85. The summed E-state index contributed by atoms with van der Waals surface area (Å²) in [6, 6.07) is 0. The predicted octanol–water partition coefficient (Wildman–Crippen LogP) is 2.45. The van der Waals surface area contributed by atoms with Gasteiger partial charge in [-0.2, -0.15) is 10.2 Å². The Hall–Kier alpha value is -0.480. The van der Waals surface area contributed by atoms with Crippen molar-refractivity contribution in [1.29, 1.82) is 0 Å². The lowest BCUT2D eigenvalue weighted by molar-refractivity contribution is 1.05. The molecule has 0 saturated heterocycles. The normalized spacial score (nSPS) is 10.5. The van der Waals surface area contributed by atoms with E-state index in [1.165, 1.54) is 4.70 Å². The lowest BCUT2D eigenvalue weighted by atomic mass is 10.4. The fraction of sp³-hybridized carbons (Fsp3) is 0. The van der Waals surface area contributed by atoms with Gasteiger partial charge in [0.25, 0.3) is 0 Å². The van der Waals surface area contributed by atoms with Gasteiger partial charge in [0.05, 0.1) is 17.1 Å². The van der Waals surface area contributed by atoms with E-state index in [-0.39, 0.29) is 0 Å². The Labute approximate surface area is 70.0 Å². The maximum absolute atomic E-state index is 3.77.